The summed E-state index contributed by atoms with van der Waals surface area (Å²) < 4.78 is 27.5. The maximum atomic E-state index is 12.9. The van der Waals surface area contributed by atoms with Crippen molar-refractivity contribution in [3.05, 3.63) is 29.8 Å². The fourth-order valence-electron chi connectivity index (χ4n) is 3.02. The predicted octanol–water partition coefficient (Wildman–Crippen LogP) is 2.61. The first-order valence-corrected chi connectivity index (χ1v) is 9.26. The molecule has 0 amide bonds. The summed E-state index contributed by atoms with van der Waals surface area (Å²) in [5, 5.41) is 3.04. The second-order valence-corrected chi connectivity index (χ2v) is 7.65. The number of nitrogens with zero attached hydrogens (tertiary/aromatic N) is 1. The highest BCUT2D eigenvalue weighted by Crippen LogP contribution is 2.26. The van der Waals surface area contributed by atoms with Crippen LogP contribution in [0.4, 0.5) is 0 Å². The van der Waals surface area contributed by atoms with E-state index in [1.165, 1.54) is 0 Å². The van der Waals surface area contributed by atoms with E-state index < -0.39 is 10.0 Å². The zero-order valence-corrected chi connectivity index (χ0v) is 13.8. The van der Waals surface area contributed by atoms with Crippen molar-refractivity contribution in [1.29, 1.82) is 0 Å². The van der Waals surface area contributed by atoms with Crippen molar-refractivity contribution in [2.45, 2.75) is 44.0 Å². The lowest BCUT2D eigenvalue weighted by Crippen LogP contribution is -2.33. The van der Waals surface area contributed by atoms with Crippen molar-refractivity contribution in [2.24, 2.45) is 5.92 Å². The minimum atomic E-state index is -3.38. The summed E-state index contributed by atoms with van der Waals surface area (Å²) in [7, 11) is -1.54. The highest BCUT2D eigenvalue weighted by molar-refractivity contribution is 7.89. The number of hydrogen-bond acceptors (Lipinski definition) is 3. The van der Waals surface area contributed by atoms with Crippen LogP contribution in [0.15, 0.2) is 29.2 Å². The van der Waals surface area contributed by atoms with Gasteiger partial charge in [-0.15, -0.1) is 0 Å². The van der Waals surface area contributed by atoms with E-state index in [2.05, 4.69) is 12.2 Å². The molecule has 1 fully saturated rings. The van der Waals surface area contributed by atoms with Gasteiger partial charge in [0.1, 0.15) is 0 Å². The van der Waals surface area contributed by atoms with E-state index >= 15 is 0 Å². The first kappa shape index (κ1) is 16.5. The summed E-state index contributed by atoms with van der Waals surface area (Å²) in [6, 6.07) is 7.31. The van der Waals surface area contributed by atoms with Crippen LogP contribution in [0.3, 0.4) is 0 Å². The van der Waals surface area contributed by atoms with Gasteiger partial charge in [0.15, 0.2) is 0 Å². The molecule has 118 valence electrons. The first-order chi connectivity index (χ1) is 10.1. The maximum absolute atomic E-state index is 12.9. The molecule has 1 saturated heterocycles. The Morgan fingerprint density at radius 3 is 2.71 bits per heavy atom. The summed E-state index contributed by atoms with van der Waals surface area (Å²) in [6.45, 7) is 4.05. The van der Waals surface area contributed by atoms with E-state index in [1.807, 2.05) is 19.2 Å². The lowest BCUT2D eigenvalue weighted by Gasteiger charge is -2.22. The molecule has 1 aliphatic heterocycles. The van der Waals surface area contributed by atoms with Crippen LogP contribution >= 0.6 is 0 Å². The van der Waals surface area contributed by atoms with Crippen LogP contribution in [0.2, 0.25) is 0 Å². The zero-order valence-electron chi connectivity index (χ0n) is 13.0. The molecular formula is C16H26N2O2S. The van der Waals surface area contributed by atoms with Crippen LogP contribution in [0, 0.1) is 5.92 Å². The van der Waals surface area contributed by atoms with E-state index in [0.717, 1.165) is 31.2 Å². The quantitative estimate of drug-likeness (QED) is 0.909. The van der Waals surface area contributed by atoms with E-state index in [9.17, 15) is 8.42 Å². The standard InChI is InChI=1S/C16H26N2O2S/c1-3-14-7-6-11-18(12-10-14)21(19,20)16-9-5-4-8-15(16)13-17-2/h4-5,8-9,14,17H,3,6-7,10-13H2,1-2H3. The van der Waals surface area contributed by atoms with Crippen molar-refractivity contribution in [3.8, 4) is 0 Å². The largest absolute Gasteiger partial charge is 0.316 e. The van der Waals surface area contributed by atoms with Gasteiger partial charge in [0.25, 0.3) is 0 Å². The molecule has 4 nitrogen and oxygen atoms in total. The average Bonchev–Trinajstić information content (AvgIpc) is 2.74. The molecule has 0 saturated carbocycles. The second kappa shape index (κ2) is 7.38. The number of nitrogens with one attached hydrogen (secondary N) is 1. The molecular weight excluding hydrogens is 284 g/mol. The molecule has 0 aromatic heterocycles. The first-order valence-electron chi connectivity index (χ1n) is 7.82. The van der Waals surface area contributed by atoms with Crippen molar-refractivity contribution in [3.63, 3.8) is 0 Å². The van der Waals surface area contributed by atoms with Gasteiger partial charge in [-0.05, 0) is 43.9 Å². The molecule has 0 bridgehead atoms. The third kappa shape index (κ3) is 3.84. The Balaban J connectivity index is 2.25. The molecule has 5 heteroatoms. The van der Waals surface area contributed by atoms with Crippen LogP contribution in [-0.2, 0) is 16.6 Å². The Bertz CT molecular complexity index is 557. The Labute approximate surface area is 128 Å². The average molecular weight is 310 g/mol. The number of benzene rings is 1. The van der Waals surface area contributed by atoms with Gasteiger partial charge >= 0.3 is 0 Å². The molecule has 0 aliphatic carbocycles. The number of sulfonamides is 1. The normalized spacial score (nSPS) is 21.1. The zero-order chi connectivity index (χ0) is 15.3. The van der Waals surface area contributed by atoms with Crippen molar-refractivity contribution < 1.29 is 8.42 Å². The number of rotatable bonds is 5. The molecule has 1 aliphatic rings. The van der Waals surface area contributed by atoms with Crippen molar-refractivity contribution in [1.82, 2.24) is 9.62 Å². The summed E-state index contributed by atoms with van der Waals surface area (Å²) in [6.07, 6.45) is 4.22. The fraction of sp³-hybridized carbons (Fsp3) is 0.625. The van der Waals surface area contributed by atoms with Gasteiger partial charge in [-0.1, -0.05) is 31.5 Å². The van der Waals surface area contributed by atoms with Gasteiger partial charge in [0.05, 0.1) is 4.90 Å². The SMILES string of the molecule is CCC1CCCN(S(=O)(=O)c2ccccc2CNC)CC1. The van der Waals surface area contributed by atoms with Crippen LogP contribution in [0.5, 0.6) is 0 Å². The molecule has 1 unspecified atom stereocenters. The fourth-order valence-corrected chi connectivity index (χ4v) is 4.73. The smallest absolute Gasteiger partial charge is 0.243 e. The highest BCUT2D eigenvalue weighted by atomic mass is 32.2. The van der Waals surface area contributed by atoms with Gasteiger partial charge in [-0.25, -0.2) is 8.42 Å². The molecule has 0 spiro atoms. The molecule has 2 rings (SSSR count). The summed E-state index contributed by atoms with van der Waals surface area (Å²) in [4.78, 5) is 0.453. The topological polar surface area (TPSA) is 49.4 Å². The number of hydrogen-bond donors (Lipinski definition) is 1. The predicted molar refractivity (Wildman–Crippen MR) is 85.6 cm³/mol. The van der Waals surface area contributed by atoms with E-state index in [-0.39, 0.29) is 0 Å². The molecule has 1 N–H and O–H groups in total. The minimum Gasteiger partial charge on any atom is -0.316 e. The third-order valence-electron chi connectivity index (χ3n) is 4.34. The van der Waals surface area contributed by atoms with Gasteiger partial charge < -0.3 is 5.32 Å². The van der Waals surface area contributed by atoms with Crippen LogP contribution in [0.25, 0.3) is 0 Å². The molecule has 1 aromatic carbocycles. The van der Waals surface area contributed by atoms with Gasteiger partial charge in [0.2, 0.25) is 10.0 Å². The summed E-state index contributed by atoms with van der Waals surface area (Å²) in [5.41, 5.74) is 0.844. The summed E-state index contributed by atoms with van der Waals surface area (Å²) in [5.74, 6) is 0.665. The molecule has 1 aromatic rings. The maximum Gasteiger partial charge on any atom is 0.243 e. The lowest BCUT2D eigenvalue weighted by molar-refractivity contribution is 0.407. The Kier molecular flexibility index (Phi) is 5.79. The minimum absolute atomic E-state index is 0.453. The van der Waals surface area contributed by atoms with Crippen molar-refractivity contribution >= 4 is 10.0 Å². The highest BCUT2D eigenvalue weighted by Gasteiger charge is 2.28. The molecule has 0 radical (unpaired) electrons. The van der Waals surface area contributed by atoms with Crippen LogP contribution in [0.1, 0.15) is 38.2 Å². The van der Waals surface area contributed by atoms with Crippen molar-refractivity contribution in [2.75, 3.05) is 20.1 Å². The second-order valence-electron chi connectivity index (χ2n) is 5.75. The summed E-state index contributed by atoms with van der Waals surface area (Å²) >= 11 is 0. The van der Waals surface area contributed by atoms with Gasteiger partial charge in [0, 0.05) is 19.6 Å². The molecule has 21 heavy (non-hydrogen) atoms. The molecule has 1 heterocycles. The Hall–Kier alpha value is -0.910. The van der Waals surface area contributed by atoms with Crippen LogP contribution in [-0.4, -0.2) is 32.9 Å². The monoisotopic (exact) mass is 310 g/mol. The molecule has 1 atom stereocenters. The van der Waals surface area contributed by atoms with Gasteiger partial charge in [-0.2, -0.15) is 4.31 Å². The third-order valence-corrected chi connectivity index (χ3v) is 6.34. The van der Waals surface area contributed by atoms with E-state index in [4.69, 9.17) is 0 Å². The Morgan fingerprint density at radius 1 is 1.24 bits per heavy atom. The van der Waals surface area contributed by atoms with E-state index in [0.29, 0.717) is 30.4 Å². The van der Waals surface area contributed by atoms with Gasteiger partial charge in [-0.3, -0.25) is 0 Å². The Morgan fingerprint density at radius 2 is 2.00 bits per heavy atom. The lowest BCUT2D eigenvalue weighted by atomic mass is 9.98. The van der Waals surface area contributed by atoms with Crippen LogP contribution < -0.4 is 5.32 Å². The van der Waals surface area contributed by atoms with E-state index in [1.54, 1.807) is 16.4 Å².